The molecule has 0 radical (unpaired) electrons. The molecule has 0 aromatic rings. The number of rotatable bonds is 5. The van der Waals surface area contributed by atoms with Crippen LogP contribution >= 0.6 is 0 Å². The molecule has 0 N–H and O–H groups in total. The molecule has 0 aromatic carbocycles. The molecule has 0 atom stereocenters. The van der Waals surface area contributed by atoms with Crippen LogP contribution in [0.4, 0.5) is 0 Å². The van der Waals surface area contributed by atoms with Gasteiger partial charge in [0, 0.05) is 6.42 Å². The highest BCUT2D eigenvalue weighted by Crippen LogP contribution is 1.87. The van der Waals surface area contributed by atoms with Crippen molar-refractivity contribution in [1.29, 1.82) is 0 Å². The quantitative estimate of drug-likeness (QED) is 0.323. The lowest BCUT2D eigenvalue weighted by atomic mass is 10.3. The Morgan fingerprint density at radius 2 is 2.09 bits per heavy atom. The summed E-state index contributed by atoms with van der Waals surface area (Å²) in [6.07, 6.45) is 0.443. The summed E-state index contributed by atoms with van der Waals surface area (Å²) in [5, 5.41) is 0. The molecule has 0 aliphatic rings. The van der Waals surface area contributed by atoms with Crippen molar-refractivity contribution in [3.8, 4) is 0 Å². The molecule has 62 valence electrons. The fraction of sp³-hybridized carbons (Fsp3) is 0.571. The molecule has 4 heteroatoms. The molecule has 0 unspecified atom stereocenters. The van der Waals surface area contributed by atoms with E-state index in [1.54, 1.807) is 0 Å². The van der Waals surface area contributed by atoms with Crippen molar-refractivity contribution >= 4 is 18.0 Å². The van der Waals surface area contributed by atoms with Crippen LogP contribution < -0.4 is 0 Å². The smallest absolute Gasteiger partial charge is 0.313 e. The zero-order chi connectivity index (χ0) is 8.69. The summed E-state index contributed by atoms with van der Waals surface area (Å²) in [6, 6.07) is 0. The minimum atomic E-state index is -0.582. The van der Waals surface area contributed by atoms with Crippen LogP contribution in [0.5, 0.6) is 0 Å². The number of ether oxygens (including phenoxy) is 1. The summed E-state index contributed by atoms with van der Waals surface area (Å²) in [7, 11) is 0. The first-order valence-corrected chi connectivity index (χ1v) is 3.25. The molecule has 11 heavy (non-hydrogen) atoms. The van der Waals surface area contributed by atoms with E-state index in [0.29, 0.717) is 6.29 Å². The lowest BCUT2D eigenvalue weighted by Gasteiger charge is -1.98. The Morgan fingerprint density at radius 1 is 1.45 bits per heavy atom. The molecule has 0 saturated carbocycles. The third-order valence-corrected chi connectivity index (χ3v) is 0.967. The summed E-state index contributed by atoms with van der Waals surface area (Å²) >= 11 is 0. The zero-order valence-electron chi connectivity index (χ0n) is 6.33. The molecule has 0 aliphatic carbocycles. The van der Waals surface area contributed by atoms with E-state index >= 15 is 0 Å². The highest BCUT2D eigenvalue weighted by atomic mass is 16.5. The van der Waals surface area contributed by atoms with Crippen LogP contribution in [0.25, 0.3) is 0 Å². The fourth-order valence-electron chi connectivity index (χ4n) is 0.436. The van der Waals surface area contributed by atoms with Crippen LogP contribution in [0, 0.1) is 0 Å². The average Bonchev–Trinajstić information content (AvgIpc) is 1.87. The van der Waals surface area contributed by atoms with E-state index in [4.69, 9.17) is 0 Å². The van der Waals surface area contributed by atoms with Gasteiger partial charge in [-0.25, -0.2) is 0 Å². The maximum atomic E-state index is 10.5. The fourth-order valence-corrected chi connectivity index (χ4v) is 0.436. The average molecular weight is 158 g/mol. The van der Waals surface area contributed by atoms with Crippen LogP contribution in [0.15, 0.2) is 0 Å². The molecule has 4 nitrogen and oxygen atoms in total. The minimum Gasteiger partial charge on any atom is -0.465 e. The first kappa shape index (κ1) is 9.81. The second-order valence-electron chi connectivity index (χ2n) is 2.04. The van der Waals surface area contributed by atoms with Crippen LogP contribution in [0.1, 0.15) is 19.8 Å². The first-order chi connectivity index (χ1) is 5.16. The molecular weight excluding hydrogens is 148 g/mol. The number of aldehydes is 1. The number of carbonyl (C=O) groups is 3. The van der Waals surface area contributed by atoms with Crippen LogP contribution in [-0.2, 0) is 19.1 Å². The number of esters is 1. The van der Waals surface area contributed by atoms with Gasteiger partial charge in [0.2, 0.25) is 0 Å². The van der Waals surface area contributed by atoms with Gasteiger partial charge in [0.15, 0.2) is 0 Å². The Labute approximate surface area is 64.5 Å². The van der Waals surface area contributed by atoms with E-state index < -0.39 is 5.97 Å². The summed E-state index contributed by atoms with van der Waals surface area (Å²) in [5.74, 6) is -0.620. The van der Waals surface area contributed by atoms with Crippen LogP contribution in [0.2, 0.25) is 0 Å². The van der Waals surface area contributed by atoms with Crippen molar-refractivity contribution in [3.63, 3.8) is 0 Å². The summed E-state index contributed by atoms with van der Waals surface area (Å²) in [5.41, 5.74) is 0. The van der Waals surface area contributed by atoms with E-state index in [2.05, 4.69) is 4.74 Å². The second-order valence-corrected chi connectivity index (χ2v) is 2.04. The van der Waals surface area contributed by atoms with Crippen molar-refractivity contribution in [2.45, 2.75) is 19.8 Å². The van der Waals surface area contributed by atoms with Gasteiger partial charge in [0.1, 0.15) is 18.5 Å². The molecule has 0 bridgehead atoms. The maximum absolute atomic E-state index is 10.5. The van der Waals surface area contributed by atoms with Gasteiger partial charge in [-0.2, -0.15) is 0 Å². The van der Waals surface area contributed by atoms with Crippen molar-refractivity contribution in [2.24, 2.45) is 0 Å². The highest BCUT2D eigenvalue weighted by molar-refractivity contribution is 5.84. The maximum Gasteiger partial charge on any atom is 0.313 e. The summed E-state index contributed by atoms with van der Waals surface area (Å²) in [6.45, 7) is 1.48. The molecule has 0 amide bonds. The lowest BCUT2D eigenvalue weighted by Crippen LogP contribution is -2.08. The SMILES string of the molecule is CC(=O)CCOC(=O)CC=O. The lowest BCUT2D eigenvalue weighted by molar-refractivity contribution is -0.144. The van der Waals surface area contributed by atoms with Crippen molar-refractivity contribution in [3.05, 3.63) is 0 Å². The molecule has 0 aromatic heterocycles. The van der Waals surface area contributed by atoms with Crippen LogP contribution in [0.3, 0.4) is 0 Å². The van der Waals surface area contributed by atoms with Gasteiger partial charge in [-0.15, -0.1) is 0 Å². The number of hydrogen-bond acceptors (Lipinski definition) is 4. The normalized spacial score (nSPS) is 8.82. The second kappa shape index (κ2) is 5.58. The van der Waals surface area contributed by atoms with E-state index in [1.807, 2.05) is 0 Å². The Hall–Kier alpha value is -1.19. The number of hydrogen-bond donors (Lipinski definition) is 0. The van der Waals surface area contributed by atoms with Gasteiger partial charge in [-0.1, -0.05) is 0 Å². The minimum absolute atomic E-state index is 0.0381. The Kier molecular flexibility index (Phi) is 4.98. The number of ketones is 1. The zero-order valence-corrected chi connectivity index (χ0v) is 6.33. The molecule has 0 spiro atoms. The molecular formula is C7H10O4. The van der Waals surface area contributed by atoms with Gasteiger partial charge in [-0.05, 0) is 6.92 Å². The Morgan fingerprint density at radius 3 is 2.55 bits per heavy atom. The van der Waals surface area contributed by atoms with Gasteiger partial charge in [-0.3, -0.25) is 9.59 Å². The highest BCUT2D eigenvalue weighted by Gasteiger charge is 2.01. The largest absolute Gasteiger partial charge is 0.465 e. The predicted molar refractivity (Wildman–Crippen MR) is 36.9 cm³/mol. The molecule has 0 aliphatic heterocycles. The summed E-state index contributed by atoms with van der Waals surface area (Å²) < 4.78 is 4.50. The number of Topliss-reactive ketones (excluding diaryl/α,β-unsaturated/α-hetero) is 1. The molecule has 0 heterocycles. The van der Waals surface area contributed by atoms with E-state index in [-0.39, 0.29) is 25.2 Å². The molecule has 0 saturated heterocycles. The third-order valence-electron chi connectivity index (χ3n) is 0.967. The van der Waals surface area contributed by atoms with Gasteiger partial charge >= 0.3 is 5.97 Å². The van der Waals surface area contributed by atoms with Gasteiger partial charge in [0.25, 0.3) is 0 Å². The standard InChI is InChI=1S/C7H10O4/c1-6(9)3-5-11-7(10)2-4-8/h4H,2-3,5H2,1H3. The van der Waals surface area contributed by atoms with Crippen LogP contribution in [-0.4, -0.2) is 24.6 Å². The van der Waals surface area contributed by atoms with E-state index in [9.17, 15) is 14.4 Å². The summed E-state index contributed by atoms with van der Waals surface area (Å²) in [4.78, 5) is 30.5. The Bertz CT molecular complexity index is 162. The molecule has 0 rings (SSSR count). The monoisotopic (exact) mass is 158 g/mol. The Balaban J connectivity index is 3.31. The van der Waals surface area contributed by atoms with E-state index in [1.165, 1.54) is 6.92 Å². The van der Waals surface area contributed by atoms with Crippen molar-refractivity contribution in [1.82, 2.24) is 0 Å². The molecule has 0 fully saturated rings. The van der Waals surface area contributed by atoms with Crippen molar-refractivity contribution < 1.29 is 19.1 Å². The third kappa shape index (κ3) is 6.70. The van der Waals surface area contributed by atoms with Crippen molar-refractivity contribution in [2.75, 3.05) is 6.61 Å². The van der Waals surface area contributed by atoms with E-state index in [0.717, 1.165) is 0 Å². The topological polar surface area (TPSA) is 60.4 Å². The van der Waals surface area contributed by atoms with Gasteiger partial charge in [0.05, 0.1) is 6.61 Å². The predicted octanol–water partition coefficient (Wildman–Crippen LogP) is 0.0977. The first-order valence-electron chi connectivity index (χ1n) is 3.25. The number of carbonyl (C=O) groups excluding carboxylic acids is 3. The van der Waals surface area contributed by atoms with Gasteiger partial charge < -0.3 is 9.53 Å².